The standard InChI is InChI=1S/C12H14O2/c1-3-14-12(13)9-8-11-7-5-4-6-10(11)2/h4-9H,3H2,1-2H3/b9-8-/i8+2. The van der Waals surface area contributed by atoms with E-state index in [-0.39, 0.29) is 5.97 Å². The third kappa shape index (κ3) is 3.05. The smallest absolute Gasteiger partial charge is 0.330 e. The molecule has 74 valence electrons. The topological polar surface area (TPSA) is 26.3 Å². The van der Waals surface area contributed by atoms with E-state index in [2.05, 4.69) is 0 Å². The maximum absolute atomic E-state index is 11.0. The van der Waals surface area contributed by atoms with E-state index in [1.54, 1.807) is 13.0 Å². The molecule has 0 N–H and O–H groups in total. The summed E-state index contributed by atoms with van der Waals surface area (Å²) in [7, 11) is 0. The molecular weight excluding hydrogens is 178 g/mol. The summed E-state index contributed by atoms with van der Waals surface area (Å²) in [6.45, 7) is 4.21. The maximum Gasteiger partial charge on any atom is 0.330 e. The van der Waals surface area contributed by atoms with Crippen molar-refractivity contribution in [1.82, 2.24) is 0 Å². The summed E-state index contributed by atoms with van der Waals surface area (Å²) >= 11 is 0. The second-order valence-corrected chi connectivity index (χ2v) is 2.94. The highest BCUT2D eigenvalue weighted by Crippen LogP contribution is 2.08. The Balaban J connectivity index is 2.69. The van der Waals surface area contributed by atoms with Crippen molar-refractivity contribution < 1.29 is 9.53 Å². The van der Waals surface area contributed by atoms with E-state index in [1.807, 2.05) is 31.2 Å². The highest BCUT2D eigenvalue weighted by molar-refractivity contribution is 5.87. The van der Waals surface area contributed by atoms with Crippen LogP contribution in [0.25, 0.3) is 6.08 Å². The van der Waals surface area contributed by atoms with Gasteiger partial charge in [0, 0.05) is 6.08 Å². The molecule has 0 aliphatic carbocycles. The van der Waals surface area contributed by atoms with Crippen molar-refractivity contribution in [2.24, 2.45) is 0 Å². The summed E-state index contributed by atoms with van der Waals surface area (Å²) in [6, 6.07) is 7.88. The quantitative estimate of drug-likeness (QED) is 0.543. The van der Waals surface area contributed by atoms with Crippen molar-refractivity contribution in [1.29, 1.82) is 0 Å². The molecule has 14 heavy (non-hydrogen) atoms. The third-order valence-electron chi connectivity index (χ3n) is 1.87. The fourth-order valence-electron chi connectivity index (χ4n) is 1.12. The van der Waals surface area contributed by atoms with E-state index in [1.165, 1.54) is 6.08 Å². The summed E-state index contributed by atoms with van der Waals surface area (Å²) < 4.78 is 4.78. The van der Waals surface area contributed by atoms with Gasteiger partial charge in [-0.05, 0) is 31.1 Å². The molecule has 1 rings (SSSR count). The van der Waals surface area contributed by atoms with Crippen molar-refractivity contribution in [3.8, 4) is 0 Å². The average Bonchev–Trinajstić information content (AvgIpc) is 2.17. The van der Waals surface area contributed by atoms with Gasteiger partial charge in [0.2, 0.25) is 0 Å². The Labute approximate surface area is 84.2 Å². The lowest BCUT2D eigenvalue weighted by atomic mass is 10.2. The van der Waals surface area contributed by atoms with Gasteiger partial charge in [0.25, 0.3) is 0 Å². The summed E-state index contributed by atoms with van der Waals surface area (Å²) in [5.41, 5.74) is 2.19. The zero-order chi connectivity index (χ0) is 10.4. The molecule has 1 aromatic rings. The van der Waals surface area contributed by atoms with Gasteiger partial charge >= 0.3 is 5.97 Å². The SMILES string of the molecule is CCOC(=O)/C=[14CH]\c1ccccc1C. The summed E-state index contributed by atoms with van der Waals surface area (Å²) in [5.74, 6) is -0.296. The minimum Gasteiger partial charge on any atom is -0.463 e. The number of esters is 1. The summed E-state index contributed by atoms with van der Waals surface area (Å²) in [6.07, 6.45) is 3.22. The highest BCUT2D eigenvalue weighted by Gasteiger charge is 1.95. The van der Waals surface area contributed by atoms with Crippen LogP contribution in [0.1, 0.15) is 18.1 Å². The maximum atomic E-state index is 11.0. The van der Waals surface area contributed by atoms with Crippen LogP contribution in [0.15, 0.2) is 30.3 Å². The van der Waals surface area contributed by atoms with E-state index in [0.29, 0.717) is 6.61 Å². The van der Waals surface area contributed by atoms with Crippen LogP contribution >= 0.6 is 0 Å². The molecule has 0 bridgehead atoms. The van der Waals surface area contributed by atoms with Crippen molar-refractivity contribution in [2.75, 3.05) is 6.61 Å². The Hall–Kier alpha value is -1.57. The van der Waals surface area contributed by atoms with Crippen LogP contribution in [0, 0.1) is 6.92 Å². The number of benzene rings is 1. The molecule has 0 aromatic heterocycles. The molecule has 0 saturated carbocycles. The Morgan fingerprint density at radius 2 is 2.21 bits per heavy atom. The molecule has 0 fully saturated rings. The Morgan fingerprint density at radius 1 is 1.50 bits per heavy atom. The first-order valence-electron chi connectivity index (χ1n) is 4.64. The van der Waals surface area contributed by atoms with Gasteiger partial charge in [-0.15, -0.1) is 0 Å². The fourth-order valence-corrected chi connectivity index (χ4v) is 1.12. The van der Waals surface area contributed by atoms with Crippen LogP contribution in [-0.2, 0) is 9.53 Å². The number of carbonyl (C=O) groups is 1. The van der Waals surface area contributed by atoms with Crippen molar-refractivity contribution >= 4 is 12.0 Å². The van der Waals surface area contributed by atoms with Crippen LogP contribution in [0.5, 0.6) is 0 Å². The van der Waals surface area contributed by atoms with Crippen LogP contribution < -0.4 is 0 Å². The van der Waals surface area contributed by atoms with Crippen LogP contribution in [0.3, 0.4) is 0 Å². The number of ether oxygens (including phenoxy) is 1. The Morgan fingerprint density at radius 3 is 2.86 bits per heavy atom. The lowest BCUT2D eigenvalue weighted by Crippen LogP contribution is -1.98. The minimum atomic E-state index is -0.296. The molecule has 0 radical (unpaired) electrons. The van der Waals surface area contributed by atoms with Gasteiger partial charge in [0.15, 0.2) is 0 Å². The molecule has 0 spiro atoms. The first-order chi connectivity index (χ1) is 6.74. The van der Waals surface area contributed by atoms with Gasteiger partial charge in [-0.1, -0.05) is 24.3 Å². The summed E-state index contributed by atoms with van der Waals surface area (Å²) in [4.78, 5) is 11.0. The van der Waals surface area contributed by atoms with E-state index >= 15 is 0 Å². The predicted octanol–water partition coefficient (Wildman–Crippen LogP) is 2.57. The summed E-state index contributed by atoms with van der Waals surface area (Å²) in [5, 5.41) is 0. The van der Waals surface area contributed by atoms with Crippen molar-refractivity contribution in [3.63, 3.8) is 0 Å². The Bertz CT molecular complexity index is 340. The second-order valence-electron chi connectivity index (χ2n) is 2.94. The lowest BCUT2D eigenvalue weighted by molar-refractivity contribution is -0.137. The van der Waals surface area contributed by atoms with Gasteiger partial charge in [0.1, 0.15) is 0 Å². The lowest BCUT2D eigenvalue weighted by Gasteiger charge is -1.98. The number of hydrogen-bond donors (Lipinski definition) is 0. The number of aryl methyl sites for hydroxylation is 1. The first-order valence-corrected chi connectivity index (χ1v) is 4.64. The fraction of sp³-hybridized carbons (Fsp3) is 0.250. The van der Waals surface area contributed by atoms with Crippen LogP contribution in [-0.4, -0.2) is 12.6 Å². The van der Waals surface area contributed by atoms with E-state index in [9.17, 15) is 4.79 Å². The monoisotopic (exact) mass is 192 g/mol. The number of rotatable bonds is 3. The normalized spacial score (nSPS) is 10.4. The number of carbonyl (C=O) groups excluding carboxylic acids is 1. The van der Waals surface area contributed by atoms with Crippen LogP contribution in [0.2, 0.25) is 0 Å². The molecule has 0 heterocycles. The molecule has 1 aromatic carbocycles. The van der Waals surface area contributed by atoms with Crippen LogP contribution in [0.4, 0.5) is 0 Å². The molecule has 0 unspecified atom stereocenters. The number of hydrogen-bond acceptors (Lipinski definition) is 2. The third-order valence-corrected chi connectivity index (χ3v) is 1.87. The highest BCUT2D eigenvalue weighted by atomic mass is 16.5. The molecular formula is C12H14O2. The van der Waals surface area contributed by atoms with Gasteiger partial charge in [-0.3, -0.25) is 0 Å². The molecule has 0 amide bonds. The van der Waals surface area contributed by atoms with Crippen molar-refractivity contribution in [3.05, 3.63) is 41.5 Å². The molecule has 0 aliphatic rings. The predicted molar refractivity (Wildman–Crippen MR) is 56.8 cm³/mol. The molecule has 0 atom stereocenters. The van der Waals surface area contributed by atoms with Gasteiger partial charge in [-0.25, -0.2) is 4.79 Å². The van der Waals surface area contributed by atoms with E-state index in [4.69, 9.17) is 4.74 Å². The zero-order valence-electron chi connectivity index (χ0n) is 8.49. The average molecular weight is 192 g/mol. The van der Waals surface area contributed by atoms with E-state index < -0.39 is 0 Å². The largest absolute Gasteiger partial charge is 0.463 e. The van der Waals surface area contributed by atoms with Gasteiger partial charge in [-0.2, -0.15) is 0 Å². The zero-order valence-corrected chi connectivity index (χ0v) is 8.49. The molecule has 0 saturated heterocycles. The van der Waals surface area contributed by atoms with Gasteiger partial charge < -0.3 is 4.74 Å². The van der Waals surface area contributed by atoms with Crippen molar-refractivity contribution in [2.45, 2.75) is 13.8 Å². The second kappa shape index (κ2) is 5.22. The molecule has 2 heteroatoms. The Kier molecular flexibility index (Phi) is 3.92. The molecule has 2 nitrogen and oxygen atoms in total. The minimum absolute atomic E-state index is 0.296. The molecule has 0 aliphatic heterocycles. The van der Waals surface area contributed by atoms with Gasteiger partial charge in [0.05, 0.1) is 6.61 Å². The van der Waals surface area contributed by atoms with E-state index in [0.717, 1.165) is 11.1 Å². The first kappa shape index (κ1) is 10.5.